The van der Waals surface area contributed by atoms with E-state index >= 15 is 0 Å². The maximum atomic E-state index is 11.7. The molecule has 1 fully saturated rings. The van der Waals surface area contributed by atoms with Gasteiger partial charge in [-0.1, -0.05) is 20.8 Å². The van der Waals surface area contributed by atoms with Crippen LogP contribution in [-0.2, 0) is 9.84 Å². The van der Waals surface area contributed by atoms with Crippen molar-refractivity contribution in [2.45, 2.75) is 39.4 Å². The van der Waals surface area contributed by atoms with Crippen molar-refractivity contribution < 1.29 is 8.42 Å². The molecule has 1 heterocycles. The summed E-state index contributed by atoms with van der Waals surface area (Å²) in [6.45, 7) is 9.77. The molecule has 1 rings (SSSR count). The zero-order valence-electron chi connectivity index (χ0n) is 8.51. The topological polar surface area (TPSA) is 34.1 Å². The van der Waals surface area contributed by atoms with Crippen LogP contribution in [0, 0.1) is 11.3 Å². The Hall–Kier alpha value is -0.0500. The average molecular weight is 190 g/mol. The Morgan fingerprint density at radius 3 is 1.67 bits per heavy atom. The maximum absolute atomic E-state index is 11.7. The summed E-state index contributed by atoms with van der Waals surface area (Å²) in [7, 11) is -2.88. The van der Waals surface area contributed by atoms with E-state index < -0.39 is 14.6 Å². The third kappa shape index (κ3) is 1.10. The molecular formula is C9H18O2S. The van der Waals surface area contributed by atoms with Crippen LogP contribution in [0.1, 0.15) is 34.6 Å². The van der Waals surface area contributed by atoms with E-state index in [1.165, 1.54) is 0 Å². The van der Waals surface area contributed by atoms with Crippen LogP contribution in [-0.4, -0.2) is 18.9 Å². The van der Waals surface area contributed by atoms with Crippen LogP contribution < -0.4 is 0 Å². The molecule has 3 heteroatoms. The first-order valence-electron chi connectivity index (χ1n) is 4.33. The number of hydrogen-bond acceptors (Lipinski definition) is 2. The average Bonchev–Trinajstić information content (AvgIpc) is 1.90. The van der Waals surface area contributed by atoms with Gasteiger partial charge in [0.25, 0.3) is 0 Å². The monoisotopic (exact) mass is 190 g/mol. The molecule has 1 aliphatic rings. The van der Waals surface area contributed by atoms with Crippen molar-refractivity contribution >= 4 is 9.84 Å². The van der Waals surface area contributed by atoms with Gasteiger partial charge in [0.15, 0.2) is 9.84 Å². The van der Waals surface area contributed by atoms with Gasteiger partial charge in [-0.25, -0.2) is 8.42 Å². The van der Waals surface area contributed by atoms with Crippen molar-refractivity contribution in [3.05, 3.63) is 0 Å². The van der Waals surface area contributed by atoms with Crippen LogP contribution in [0.2, 0.25) is 0 Å². The zero-order chi connectivity index (χ0) is 9.78. The molecule has 0 aromatic heterocycles. The van der Waals surface area contributed by atoms with Crippen molar-refractivity contribution in [3.8, 4) is 0 Å². The number of rotatable bonds is 0. The largest absolute Gasteiger partial charge is 0.228 e. The minimum absolute atomic E-state index is 0.0671. The molecule has 1 atom stereocenters. The number of sulfone groups is 1. The van der Waals surface area contributed by atoms with Gasteiger partial charge in [-0.05, 0) is 25.2 Å². The molecule has 0 N–H and O–H groups in total. The molecule has 72 valence electrons. The second-order valence-electron chi connectivity index (χ2n) is 5.07. The van der Waals surface area contributed by atoms with Crippen LogP contribution in [0.15, 0.2) is 0 Å². The third-order valence-corrected chi connectivity index (χ3v) is 6.66. The van der Waals surface area contributed by atoms with Crippen molar-refractivity contribution in [3.63, 3.8) is 0 Å². The predicted molar refractivity (Wildman–Crippen MR) is 50.8 cm³/mol. The highest BCUT2D eigenvalue weighted by atomic mass is 32.2. The fraction of sp³-hybridized carbons (Fsp3) is 1.00. The van der Waals surface area contributed by atoms with Crippen LogP contribution in [0.25, 0.3) is 0 Å². The Balaban J connectivity index is 3.24. The lowest BCUT2D eigenvalue weighted by Crippen LogP contribution is -2.34. The minimum Gasteiger partial charge on any atom is -0.228 e. The fourth-order valence-corrected chi connectivity index (χ4v) is 4.47. The summed E-state index contributed by atoms with van der Waals surface area (Å²) in [6, 6.07) is 0. The summed E-state index contributed by atoms with van der Waals surface area (Å²) in [5, 5.41) is 0. The molecule has 1 unspecified atom stereocenters. The summed E-state index contributed by atoms with van der Waals surface area (Å²) >= 11 is 0. The van der Waals surface area contributed by atoms with Crippen LogP contribution in [0.4, 0.5) is 0 Å². The fourth-order valence-electron chi connectivity index (χ4n) is 2.01. The predicted octanol–water partition coefficient (Wildman–Crippen LogP) is 1.86. The smallest absolute Gasteiger partial charge is 0.156 e. The van der Waals surface area contributed by atoms with Crippen molar-refractivity contribution in [1.29, 1.82) is 0 Å². The van der Waals surface area contributed by atoms with Gasteiger partial charge in [0.05, 0.1) is 10.5 Å². The molecule has 0 aromatic carbocycles. The van der Waals surface area contributed by atoms with E-state index in [-0.39, 0.29) is 11.3 Å². The summed E-state index contributed by atoms with van der Waals surface area (Å²) in [5.74, 6) is 0.559. The second kappa shape index (κ2) is 2.25. The first-order chi connectivity index (χ1) is 5.11. The highest BCUT2D eigenvalue weighted by Gasteiger charge is 2.54. The maximum Gasteiger partial charge on any atom is 0.156 e. The SMILES string of the molecule is CC1C(C)(C)CS(=O)(=O)C1(C)C. The molecule has 1 aliphatic heterocycles. The van der Waals surface area contributed by atoms with E-state index in [2.05, 4.69) is 0 Å². The normalized spacial score (nSPS) is 36.6. The van der Waals surface area contributed by atoms with Crippen molar-refractivity contribution in [1.82, 2.24) is 0 Å². The quantitative estimate of drug-likeness (QED) is 0.584. The van der Waals surface area contributed by atoms with E-state index in [1.807, 2.05) is 34.6 Å². The van der Waals surface area contributed by atoms with E-state index in [0.717, 1.165) is 0 Å². The molecule has 2 nitrogen and oxygen atoms in total. The lowest BCUT2D eigenvalue weighted by Gasteiger charge is -2.29. The summed E-state index contributed by atoms with van der Waals surface area (Å²) in [4.78, 5) is 0. The van der Waals surface area contributed by atoms with Gasteiger partial charge < -0.3 is 0 Å². The van der Waals surface area contributed by atoms with Gasteiger partial charge in [-0.15, -0.1) is 0 Å². The first kappa shape index (κ1) is 10.0. The van der Waals surface area contributed by atoms with Gasteiger partial charge in [-0.3, -0.25) is 0 Å². The Morgan fingerprint density at radius 1 is 1.17 bits per heavy atom. The first-order valence-corrected chi connectivity index (χ1v) is 5.99. The molecule has 0 saturated carbocycles. The highest BCUT2D eigenvalue weighted by Crippen LogP contribution is 2.48. The van der Waals surface area contributed by atoms with E-state index in [1.54, 1.807) is 0 Å². The minimum atomic E-state index is -2.88. The van der Waals surface area contributed by atoms with Crippen LogP contribution >= 0.6 is 0 Å². The van der Waals surface area contributed by atoms with Crippen molar-refractivity contribution in [2.75, 3.05) is 5.75 Å². The van der Waals surface area contributed by atoms with Crippen LogP contribution in [0.5, 0.6) is 0 Å². The van der Waals surface area contributed by atoms with Crippen molar-refractivity contribution in [2.24, 2.45) is 11.3 Å². The Kier molecular flexibility index (Phi) is 1.88. The summed E-state index contributed by atoms with van der Waals surface area (Å²) in [6.07, 6.45) is 0. The van der Waals surface area contributed by atoms with E-state index in [9.17, 15) is 8.42 Å². The Morgan fingerprint density at radius 2 is 1.58 bits per heavy atom. The molecule has 0 spiro atoms. The summed E-state index contributed by atoms with van der Waals surface area (Å²) < 4.78 is 22.9. The second-order valence-corrected chi connectivity index (χ2v) is 7.64. The Bertz CT molecular complexity index is 286. The molecule has 0 radical (unpaired) electrons. The number of hydrogen-bond donors (Lipinski definition) is 0. The summed E-state index contributed by atoms with van der Waals surface area (Å²) in [5.41, 5.74) is -0.0671. The van der Waals surface area contributed by atoms with Gasteiger partial charge in [-0.2, -0.15) is 0 Å². The molecule has 0 aliphatic carbocycles. The Labute approximate surface area is 75.3 Å². The van der Waals surface area contributed by atoms with Crippen LogP contribution in [0.3, 0.4) is 0 Å². The lowest BCUT2D eigenvalue weighted by atomic mass is 9.76. The van der Waals surface area contributed by atoms with Gasteiger partial charge in [0, 0.05) is 0 Å². The molecule has 0 bridgehead atoms. The molecule has 0 amide bonds. The molecule has 1 saturated heterocycles. The third-order valence-electron chi connectivity index (χ3n) is 3.58. The van der Waals surface area contributed by atoms with Gasteiger partial charge in [0.1, 0.15) is 0 Å². The molecule has 12 heavy (non-hydrogen) atoms. The van der Waals surface area contributed by atoms with E-state index in [4.69, 9.17) is 0 Å². The van der Waals surface area contributed by atoms with Gasteiger partial charge >= 0.3 is 0 Å². The van der Waals surface area contributed by atoms with Gasteiger partial charge in [0.2, 0.25) is 0 Å². The standard InChI is InChI=1S/C9H18O2S/c1-7-8(2,3)6-12(10,11)9(7,4)5/h7H,6H2,1-5H3. The molecule has 0 aromatic rings. The zero-order valence-corrected chi connectivity index (χ0v) is 9.33. The molecular weight excluding hydrogens is 172 g/mol. The lowest BCUT2D eigenvalue weighted by molar-refractivity contribution is 0.248. The highest BCUT2D eigenvalue weighted by molar-refractivity contribution is 7.93. The van der Waals surface area contributed by atoms with E-state index in [0.29, 0.717) is 5.75 Å².